The van der Waals surface area contributed by atoms with Crippen molar-refractivity contribution >= 4 is 5.69 Å². The van der Waals surface area contributed by atoms with E-state index in [1.54, 1.807) is 14.2 Å². The SMILES string of the molecule is COc1ccc(CN2Cc3cc(C(C)O)ccc3N(C3CCOCC3)C2)cc1OC. The van der Waals surface area contributed by atoms with Crippen LogP contribution in [0.15, 0.2) is 36.4 Å². The number of ether oxygens (including phenoxy) is 3. The van der Waals surface area contributed by atoms with Crippen LogP contribution in [0.4, 0.5) is 5.69 Å². The molecule has 1 unspecified atom stereocenters. The van der Waals surface area contributed by atoms with Gasteiger partial charge in [-0.3, -0.25) is 4.90 Å². The third-order valence-electron chi connectivity index (χ3n) is 6.13. The van der Waals surface area contributed by atoms with Crippen LogP contribution < -0.4 is 14.4 Å². The van der Waals surface area contributed by atoms with Crippen molar-refractivity contribution in [3.8, 4) is 11.5 Å². The predicted molar refractivity (Wildman–Crippen MR) is 117 cm³/mol. The fourth-order valence-electron chi connectivity index (χ4n) is 4.51. The molecule has 162 valence electrons. The maximum atomic E-state index is 10.1. The monoisotopic (exact) mass is 412 g/mol. The molecule has 1 fully saturated rings. The number of rotatable bonds is 6. The minimum Gasteiger partial charge on any atom is -0.493 e. The first-order valence-corrected chi connectivity index (χ1v) is 10.7. The highest BCUT2D eigenvalue weighted by atomic mass is 16.5. The summed E-state index contributed by atoms with van der Waals surface area (Å²) in [6, 6.07) is 13.0. The van der Waals surface area contributed by atoms with Crippen LogP contribution in [-0.2, 0) is 17.8 Å². The molecule has 2 aliphatic heterocycles. The van der Waals surface area contributed by atoms with Crippen LogP contribution in [0.1, 0.15) is 42.6 Å². The summed E-state index contributed by atoms with van der Waals surface area (Å²) in [6.45, 7) is 6.00. The lowest BCUT2D eigenvalue weighted by atomic mass is 9.99. The molecule has 0 saturated carbocycles. The molecule has 2 aliphatic rings. The molecule has 6 nitrogen and oxygen atoms in total. The molecule has 1 atom stereocenters. The van der Waals surface area contributed by atoms with E-state index in [0.29, 0.717) is 6.04 Å². The first kappa shape index (κ1) is 21.0. The molecule has 0 bridgehead atoms. The van der Waals surface area contributed by atoms with Gasteiger partial charge in [-0.25, -0.2) is 0 Å². The fraction of sp³-hybridized carbons (Fsp3) is 0.500. The highest BCUT2D eigenvalue weighted by molar-refractivity contribution is 5.57. The molecule has 0 amide bonds. The van der Waals surface area contributed by atoms with E-state index in [2.05, 4.69) is 40.1 Å². The third-order valence-corrected chi connectivity index (χ3v) is 6.13. The number of methoxy groups -OCH3 is 2. The topological polar surface area (TPSA) is 54.4 Å². The first-order chi connectivity index (χ1) is 14.6. The Hall–Kier alpha value is -2.28. The molecule has 2 aromatic carbocycles. The average molecular weight is 413 g/mol. The van der Waals surface area contributed by atoms with E-state index in [0.717, 1.165) is 62.9 Å². The first-order valence-electron chi connectivity index (χ1n) is 10.7. The molecule has 1 saturated heterocycles. The van der Waals surface area contributed by atoms with Gasteiger partial charge in [0, 0.05) is 38.0 Å². The van der Waals surface area contributed by atoms with E-state index >= 15 is 0 Å². The summed E-state index contributed by atoms with van der Waals surface area (Å²) in [7, 11) is 3.33. The second-order valence-electron chi connectivity index (χ2n) is 8.20. The number of benzene rings is 2. The summed E-state index contributed by atoms with van der Waals surface area (Å²) in [6.07, 6.45) is 1.62. The van der Waals surface area contributed by atoms with Gasteiger partial charge in [0.2, 0.25) is 0 Å². The smallest absolute Gasteiger partial charge is 0.161 e. The van der Waals surface area contributed by atoms with Gasteiger partial charge in [0.25, 0.3) is 0 Å². The van der Waals surface area contributed by atoms with Gasteiger partial charge < -0.3 is 24.2 Å². The summed E-state index contributed by atoms with van der Waals surface area (Å²) in [4.78, 5) is 4.97. The Morgan fingerprint density at radius 1 is 1.07 bits per heavy atom. The molecule has 1 N–H and O–H groups in total. The number of aliphatic hydroxyl groups excluding tert-OH is 1. The molecule has 0 aromatic heterocycles. The number of anilines is 1. The van der Waals surface area contributed by atoms with Crippen molar-refractivity contribution in [1.82, 2.24) is 4.90 Å². The van der Waals surface area contributed by atoms with Crippen LogP contribution in [0.25, 0.3) is 0 Å². The lowest BCUT2D eigenvalue weighted by Crippen LogP contribution is -2.49. The second-order valence-corrected chi connectivity index (χ2v) is 8.20. The quantitative estimate of drug-likeness (QED) is 0.781. The molecule has 0 aliphatic carbocycles. The molecule has 0 radical (unpaired) electrons. The maximum absolute atomic E-state index is 10.1. The molecule has 30 heavy (non-hydrogen) atoms. The predicted octanol–water partition coefficient (Wildman–Crippen LogP) is 3.72. The Morgan fingerprint density at radius 3 is 2.53 bits per heavy atom. The van der Waals surface area contributed by atoms with Crippen molar-refractivity contribution in [3.05, 3.63) is 53.1 Å². The number of hydrogen-bond acceptors (Lipinski definition) is 6. The minimum absolute atomic E-state index is 0.465. The molecular formula is C24H32N2O4. The molecule has 2 aromatic rings. The maximum Gasteiger partial charge on any atom is 0.161 e. The summed E-state index contributed by atoms with van der Waals surface area (Å²) < 4.78 is 16.5. The van der Waals surface area contributed by atoms with Crippen molar-refractivity contribution in [3.63, 3.8) is 0 Å². The van der Waals surface area contributed by atoms with Gasteiger partial charge in [-0.2, -0.15) is 0 Å². The van der Waals surface area contributed by atoms with Crippen LogP contribution >= 0.6 is 0 Å². The zero-order valence-electron chi connectivity index (χ0n) is 18.1. The molecule has 0 spiro atoms. The Bertz CT molecular complexity index is 864. The average Bonchev–Trinajstić information content (AvgIpc) is 2.78. The Kier molecular flexibility index (Phi) is 6.46. The number of nitrogens with zero attached hydrogens (tertiary/aromatic N) is 2. The molecule has 2 heterocycles. The van der Waals surface area contributed by atoms with E-state index in [-0.39, 0.29) is 0 Å². The number of fused-ring (bicyclic) bond motifs is 1. The summed E-state index contributed by atoms with van der Waals surface area (Å²) in [5.41, 5.74) is 4.71. The lowest BCUT2D eigenvalue weighted by molar-refractivity contribution is 0.0793. The van der Waals surface area contributed by atoms with Gasteiger partial charge in [0.15, 0.2) is 11.5 Å². The Labute approximate surface area is 179 Å². The molecular weight excluding hydrogens is 380 g/mol. The highest BCUT2D eigenvalue weighted by Gasteiger charge is 2.29. The molecule has 4 rings (SSSR count). The normalized spacial score (nSPS) is 18.7. The standard InChI is InChI=1S/C24H32N2O4/c1-17(27)19-5-6-22-20(13-19)15-25(16-26(22)21-8-10-30-11-9-21)14-18-4-7-23(28-2)24(12-18)29-3/h4-7,12-13,17,21,27H,8-11,14-16H2,1-3H3. The summed E-state index contributed by atoms with van der Waals surface area (Å²) >= 11 is 0. The number of hydrogen-bond donors (Lipinski definition) is 1. The minimum atomic E-state index is -0.465. The van der Waals surface area contributed by atoms with Crippen LogP contribution in [0, 0.1) is 0 Å². The summed E-state index contributed by atoms with van der Waals surface area (Å²) in [5.74, 6) is 1.50. The van der Waals surface area contributed by atoms with Crippen LogP contribution in [0.3, 0.4) is 0 Å². The number of aliphatic hydroxyl groups is 1. The second kappa shape index (κ2) is 9.25. The van der Waals surface area contributed by atoms with Crippen molar-refractivity contribution in [1.29, 1.82) is 0 Å². The van der Waals surface area contributed by atoms with E-state index in [1.165, 1.54) is 16.8 Å². The lowest BCUT2D eigenvalue weighted by Gasteiger charge is -2.44. The van der Waals surface area contributed by atoms with Gasteiger partial charge in [-0.05, 0) is 60.7 Å². The highest BCUT2D eigenvalue weighted by Crippen LogP contribution is 2.35. The van der Waals surface area contributed by atoms with Gasteiger partial charge in [-0.15, -0.1) is 0 Å². The van der Waals surface area contributed by atoms with Crippen molar-refractivity contribution in [2.45, 2.75) is 45.0 Å². The largest absolute Gasteiger partial charge is 0.493 e. The van der Waals surface area contributed by atoms with E-state index in [4.69, 9.17) is 14.2 Å². The van der Waals surface area contributed by atoms with Gasteiger partial charge in [0.05, 0.1) is 27.0 Å². The van der Waals surface area contributed by atoms with Gasteiger partial charge >= 0.3 is 0 Å². The van der Waals surface area contributed by atoms with Crippen molar-refractivity contribution < 1.29 is 19.3 Å². The van der Waals surface area contributed by atoms with Crippen LogP contribution in [-0.4, -0.2) is 50.2 Å². The van der Waals surface area contributed by atoms with Gasteiger partial charge in [-0.1, -0.05) is 12.1 Å². The zero-order valence-corrected chi connectivity index (χ0v) is 18.1. The Balaban J connectivity index is 1.61. The molecule has 6 heteroatoms. The van der Waals surface area contributed by atoms with E-state index in [1.807, 2.05) is 13.0 Å². The third kappa shape index (κ3) is 4.41. The summed E-state index contributed by atoms with van der Waals surface area (Å²) in [5, 5.41) is 10.1. The fourth-order valence-corrected chi connectivity index (χ4v) is 4.51. The van der Waals surface area contributed by atoms with Crippen molar-refractivity contribution in [2.75, 3.05) is 39.0 Å². The zero-order chi connectivity index (χ0) is 21.1. The van der Waals surface area contributed by atoms with Crippen molar-refractivity contribution in [2.24, 2.45) is 0 Å². The van der Waals surface area contributed by atoms with E-state index < -0.39 is 6.10 Å². The van der Waals surface area contributed by atoms with Crippen LogP contribution in [0.5, 0.6) is 11.5 Å². The van der Waals surface area contributed by atoms with E-state index in [9.17, 15) is 5.11 Å². The van der Waals surface area contributed by atoms with Gasteiger partial charge in [0.1, 0.15) is 0 Å². The van der Waals surface area contributed by atoms with Crippen LogP contribution in [0.2, 0.25) is 0 Å². The Morgan fingerprint density at radius 2 is 1.83 bits per heavy atom.